The molecule has 1 aliphatic rings. The molecule has 1 heterocycles. The van der Waals surface area contributed by atoms with Crippen molar-refractivity contribution in [2.24, 2.45) is 0 Å². The van der Waals surface area contributed by atoms with Crippen molar-refractivity contribution < 1.29 is 32.6 Å². The molecule has 0 bridgehead atoms. The molecule has 1 fully saturated rings. The number of likely N-dealkylation sites (tertiary alicyclic amines) is 1. The molecule has 1 N–H and O–H groups in total. The Morgan fingerprint density at radius 2 is 1.93 bits per heavy atom. The minimum Gasteiger partial charge on any atom is -0.478 e. The summed E-state index contributed by atoms with van der Waals surface area (Å²) in [6.45, 7) is 6.05. The van der Waals surface area contributed by atoms with Crippen LogP contribution in [0, 0.1) is 0 Å². The van der Waals surface area contributed by atoms with Gasteiger partial charge in [0, 0.05) is 31.2 Å². The predicted molar refractivity (Wildman–Crippen MR) is 106 cm³/mol. The van der Waals surface area contributed by atoms with Crippen LogP contribution in [0.2, 0.25) is 5.02 Å². The van der Waals surface area contributed by atoms with E-state index in [4.69, 9.17) is 21.4 Å². The van der Waals surface area contributed by atoms with Gasteiger partial charge in [-0.25, -0.2) is 9.59 Å². The largest absolute Gasteiger partial charge is 0.478 e. The summed E-state index contributed by atoms with van der Waals surface area (Å²) in [6, 6.07) is 1.42. The summed E-state index contributed by atoms with van der Waals surface area (Å²) in [7, 11) is 1.61. The van der Waals surface area contributed by atoms with Gasteiger partial charge in [-0.2, -0.15) is 13.2 Å². The molecule has 0 aromatic heterocycles. The minimum atomic E-state index is -4.74. The number of carboxylic acids is 1. The van der Waals surface area contributed by atoms with Crippen LogP contribution in [-0.2, 0) is 17.5 Å². The number of hydrogen-bond acceptors (Lipinski definition) is 4. The van der Waals surface area contributed by atoms with E-state index in [1.165, 1.54) is 4.90 Å². The summed E-state index contributed by atoms with van der Waals surface area (Å²) < 4.78 is 46.0. The zero-order valence-electron chi connectivity index (χ0n) is 17.3. The summed E-state index contributed by atoms with van der Waals surface area (Å²) >= 11 is 6.05. The van der Waals surface area contributed by atoms with E-state index in [2.05, 4.69) is 0 Å². The van der Waals surface area contributed by atoms with Gasteiger partial charge in [0.2, 0.25) is 0 Å². The highest BCUT2D eigenvalue weighted by molar-refractivity contribution is 6.31. The predicted octanol–water partition coefficient (Wildman–Crippen LogP) is 4.89. The van der Waals surface area contributed by atoms with Crippen LogP contribution < -0.4 is 0 Å². The molecule has 30 heavy (non-hydrogen) atoms. The lowest BCUT2D eigenvalue weighted by molar-refractivity contribution is -0.138. The van der Waals surface area contributed by atoms with Gasteiger partial charge in [-0.15, -0.1) is 0 Å². The average molecular weight is 451 g/mol. The van der Waals surface area contributed by atoms with Gasteiger partial charge in [0.25, 0.3) is 0 Å². The van der Waals surface area contributed by atoms with Crippen molar-refractivity contribution in [1.29, 1.82) is 0 Å². The summed E-state index contributed by atoms with van der Waals surface area (Å²) in [5, 5.41) is 8.81. The number of carbonyl (C=O) groups excluding carboxylic acids is 1. The second-order valence-electron chi connectivity index (χ2n) is 8.41. The summed E-state index contributed by atoms with van der Waals surface area (Å²) in [5.41, 5.74) is -2.40. The second-order valence-corrected chi connectivity index (χ2v) is 8.82. The summed E-state index contributed by atoms with van der Waals surface area (Å²) in [4.78, 5) is 26.7. The van der Waals surface area contributed by atoms with Crippen molar-refractivity contribution in [3.05, 3.63) is 33.8 Å². The van der Waals surface area contributed by atoms with Gasteiger partial charge in [0.05, 0.1) is 11.1 Å². The lowest BCUT2D eigenvalue weighted by Crippen LogP contribution is -2.49. The normalized spacial score (nSPS) is 18.2. The Bertz CT molecular complexity index is 808. The molecule has 1 aromatic rings. The van der Waals surface area contributed by atoms with Gasteiger partial charge in [0.1, 0.15) is 5.60 Å². The van der Waals surface area contributed by atoms with E-state index in [-0.39, 0.29) is 23.2 Å². The number of halogens is 4. The molecule has 2 rings (SSSR count). The van der Waals surface area contributed by atoms with Crippen LogP contribution in [0.1, 0.15) is 55.1 Å². The number of rotatable bonds is 4. The third kappa shape index (κ3) is 6.25. The first kappa shape index (κ1) is 24.3. The van der Waals surface area contributed by atoms with Gasteiger partial charge in [0.15, 0.2) is 0 Å². The second kappa shape index (κ2) is 9.01. The number of carbonyl (C=O) groups is 2. The first-order chi connectivity index (χ1) is 13.7. The summed E-state index contributed by atoms with van der Waals surface area (Å²) in [6.07, 6.45) is -3.85. The van der Waals surface area contributed by atoms with Crippen molar-refractivity contribution in [2.75, 3.05) is 20.1 Å². The zero-order valence-corrected chi connectivity index (χ0v) is 18.1. The lowest BCUT2D eigenvalue weighted by atomic mass is 10.00. The molecule has 1 aliphatic heterocycles. The highest BCUT2D eigenvalue weighted by Crippen LogP contribution is 2.37. The maximum Gasteiger partial charge on any atom is 0.416 e. The third-order valence-corrected chi connectivity index (χ3v) is 5.18. The van der Waals surface area contributed by atoms with Crippen LogP contribution in [0.15, 0.2) is 12.1 Å². The Balaban J connectivity index is 2.22. The molecule has 1 atom stereocenters. The molecule has 10 heteroatoms. The number of benzene rings is 1. The number of amides is 1. The zero-order chi connectivity index (χ0) is 22.9. The maximum atomic E-state index is 13.6. The third-order valence-electron chi connectivity index (χ3n) is 4.84. The van der Waals surface area contributed by atoms with Crippen LogP contribution >= 0.6 is 11.6 Å². The smallest absolute Gasteiger partial charge is 0.416 e. The Labute approximate surface area is 178 Å². The number of hydrogen-bond donors (Lipinski definition) is 1. The van der Waals surface area contributed by atoms with E-state index in [0.717, 1.165) is 6.07 Å². The number of nitrogens with zero attached hydrogens (tertiary/aromatic N) is 2. The van der Waals surface area contributed by atoms with E-state index in [9.17, 15) is 22.8 Å². The molecule has 168 valence electrons. The quantitative estimate of drug-likeness (QED) is 0.707. The number of piperidine rings is 1. The molecule has 0 saturated carbocycles. The molecular formula is C20H26ClF3N2O4. The fraction of sp³-hybridized carbons (Fsp3) is 0.600. The average Bonchev–Trinajstić information content (AvgIpc) is 2.60. The van der Waals surface area contributed by atoms with Crippen LogP contribution in [0.5, 0.6) is 0 Å². The summed E-state index contributed by atoms with van der Waals surface area (Å²) in [5.74, 6) is -1.48. The van der Waals surface area contributed by atoms with Crippen molar-refractivity contribution in [2.45, 2.75) is 58.0 Å². The highest BCUT2D eigenvalue weighted by atomic mass is 35.5. The van der Waals surface area contributed by atoms with Gasteiger partial charge >= 0.3 is 18.2 Å². The molecule has 6 nitrogen and oxygen atoms in total. The first-order valence-electron chi connectivity index (χ1n) is 9.50. The number of alkyl halides is 3. The topological polar surface area (TPSA) is 70.1 Å². The van der Waals surface area contributed by atoms with E-state index < -0.39 is 35.0 Å². The van der Waals surface area contributed by atoms with Crippen molar-refractivity contribution >= 4 is 23.7 Å². The SMILES string of the molecule is CN(C(=O)OC(C)(C)C)C1CCCN(Cc2c(Cl)cc(C(=O)O)cc2C(F)(F)F)C1. The van der Waals surface area contributed by atoms with Crippen LogP contribution in [-0.4, -0.2) is 58.7 Å². The fourth-order valence-corrected chi connectivity index (χ4v) is 3.65. The number of ether oxygens (including phenoxy) is 1. The van der Waals surface area contributed by atoms with E-state index in [1.54, 1.807) is 32.7 Å². The Hall–Kier alpha value is -2.00. The Kier molecular flexibility index (Phi) is 7.29. The molecule has 1 aromatic carbocycles. The van der Waals surface area contributed by atoms with E-state index >= 15 is 0 Å². The Morgan fingerprint density at radius 3 is 2.47 bits per heavy atom. The number of aromatic carboxylic acids is 1. The molecule has 1 saturated heterocycles. The van der Waals surface area contributed by atoms with Gasteiger partial charge in [-0.05, 0) is 57.9 Å². The van der Waals surface area contributed by atoms with E-state index in [0.29, 0.717) is 32.0 Å². The molecular weight excluding hydrogens is 425 g/mol. The van der Waals surface area contributed by atoms with Gasteiger partial charge < -0.3 is 14.7 Å². The van der Waals surface area contributed by atoms with Gasteiger partial charge in [-0.1, -0.05) is 11.6 Å². The molecule has 0 spiro atoms. The standard InChI is InChI=1S/C20H26ClF3N2O4/c1-19(2,3)30-18(29)25(4)13-6-5-7-26(10-13)11-14-15(20(22,23)24)8-12(17(27)28)9-16(14)21/h8-9,13H,5-7,10-11H2,1-4H3,(H,27,28). The molecule has 1 amide bonds. The molecule has 0 aliphatic carbocycles. The van der Waals surface area contributed by atoms with Crippen molar-refractivity contribution in [1.82, 2.24) is 9.80 Å². The first-order valence-corrected chi connectivity index (χ1v) is 9.88. The molecule has 0 radical (unpaired) electrons. The minimum absolute atomic E-state index is 0.105. The van der Waals surface area contributed by atoms with Gasteiger partial charge in [-0.3, -0.25) is 4.90 Å². The monoisotopic (exact) mass is 450 g/mol. The van der Waals surface area contributed by atoms with Crippen molar-refractivity contribution in [3.63, 3.8) is 0 Å². The molecule has 1 unspecified atom stereocenters. The van der Waals surface area contributed by atoms with Crippen LogP contribution in [0.3, 0.4) is 0 Å². The maximum absolute atomic E-state index is 13.6. The fourth-order valence-electron chi connectivity index (χ4n) is 3.37. The lowest BCUT2D eigenvalue weighted by Gasteiger charge is -2.38. The number of carboxylic acid groups (broad SMARTS) is 1. The van der Waals surface area contributed by atoms with E-state index in [1.807, 2.05) is 0 Å². The Morgan fingerprint density at radius 1 is 1.30 bits per heavy atom. The van der Waals surface area contributed by atoms with Crippen molar-refractivity contribution in [3.8, 4) is 0 Å². The number of likely N-dealkylation sites (N-methyl/N-ethyl adjacent to an activating group) is 1. The van der Waals surface area contributed by atoms with Crippen LogP contribution in [0.4, 0.5) is 18.0 Å². The highest BCUT2D eigenvalue weighted by Gasteiger charge is 2.37. The van der Waals surface area contributed by atoms with Crippen LogP contribution in [0.25, 0.3) is 0 Å².